The highest BCUT2D eigenvalue weighted by Gasteiger charge is 2.21. The number of H-pyrrole nitrogens is 1. The van der Waals surface area contributed by atoms with Gasteiger partial charge in [-0.1, -0.05) is 43.8 Å². The van der Waals surface area contributed by atoms with Crippen molar-refractivity contribution in [2.45, 2.75) is 25.0 Å². The summed E-state index contributed by atoms with van der Waals surface area (Å²) < 4.78 is 11.3. The van der Waals surface area contributed by atoms with E-state index in [2.05, 4.69) is 29.1 Å². The number of rotatable bonds is 6. The molecule has 4 rings (SSSR count). The molecule has 1 amide bonds. The van der Waals surface area contributed by atoms with E-state index in [1.165, 1.54) is 11.8 Å². The highest BCUT2D eigenvalue weighted by molar-refractivity contribution is 7.99. The molecule has 0 saturated heterocycles. The maximum absolute atomic E-state index is 12.6. The van der Waals surface area contributed by atoms with Gasteiger partial charge in [0.1, 0.15) is 13.2 Å². The third-order valence-electron chi connectivity index (χ3n) is 4.62. The van der Waals surface area contributed by atoms with Crippen LogP contribution in [0, 0.1) is 5.92 Å². The number of nitrogens with one attached hydrogen (secondary N) is 2. The average molecular weight is 398 g/mol. The molecule has 0 unspecified atom stereocenters. The molecule has 0 spiro atoms. The number of thioether (sulfide) groups is 1. The van der Waals surface area contributed by atoms with Crippen LogP contribution < -0.4 is 14.8 Å². The van der Waals surface area contributed by atoms with Crippen molar-refractivity contribution >= 4 is 28.7 Å². The second-order valence-corrected chi connectivity index (χ2v) is 8.00. The van der Waals surface area contributed by atoms with E-state index in [0.717, 1.165) is 33.3 Å². The molecule has 2 N–H and O–H groups in total. The minimum absolute atomic E-state index is 0.0287. The number of amides is 1. The Morgan fingerprint density at radius 1 is 1.18 bits per heavy atom. The largest absolute Gasteiger partial charge is 0.486 e. The molecule has 2 aromatic carbocycles. The van der Waals surface area contributed by atoms with E-state index in [1.54, 1.807) is 0 Å². The Labute approximate surface area is 168 Å². The molecule has 28 heavy (non-hydrogen) atoms. The van der Waals surface area contributed by atoms with Gasteiger partial charge in [0.15, 0.2) is 16.7 Å². The zero-order chi connectivity index (χ0) is 19.5. The Morgan fingerprint density at radius 3 is 2.75 bits per heavy atom. The van der Waals surface area contributed by atoms with Gasteiger partial charge in [-0.3, -0.25) is 4.79 Å². The fourth-order valence-corrected chi connectivity index (χ4v) is 3.93. The molecule has 1 aliphatic heterocycles. The summed E-state index contributed by atoms with van der Waals surface area (Å²) in [7, 11) is 0. The van der Waals surface area contributed by atoms with E-state index in [0.29, 0.717) is 19.0 Å². The van der Waals surface area contributed by atoms with Gasteiger partial charge in [-0.2, -0.15) is 0 Å². The number of nitrogens with zero attached hydrogens (tertiary/aromatic N) is 1. The van der Waals surface area contributed by atoms with Crippen molar-refractivity contribution in [3.05, 3.63) is 48.0 Å². The first kappa shape index (κ1) is 18.7. The second kappa shape index (κ2) is 8.14. The number of imidazole rings is 1. The summed E-state index contributed by atoms with van der Waals surface area (Å²) in [6, 6.07) is 13.6. The molecule has 0 aliphatic carbocycles. The van der Waals surface area contributed by atoms with Gasteiger partial charge in [0.2, 0.25) is 5.91 Å². The van der Waals surface area contributed by atoms with E-state index >= 15 is 0 Å². The summed E-state index contributed by atoms with van der Waals surface area (Å²) in [5, 5.41) is 3.89. The van der Waals surface area contributed by atoms with Crippen LogP contribution in [0.1, 0.15) is 25.5 Å². The first-order valence-corrected chi connectivity index (χ1v) is 10.3. The molecular formula is C21H23N3O3S. The van der Waals surface area contributed by atoms with Crippen LogP contribution >= 0.6 is 11.8 Å². The van der Waals surface area contributed by atoms with Crippen molar-refractivity contribution in [1.82, 2.24) is 15.3 Å². The van der Waals surface area contributed by atoms with Gasteiger partial charge < -0.3 is 19.8 Å². The molecule has 0 saturated carbocycles. The van der Waals surface area contributed by atoms with Crippen LogP contribution in [0.15, 0.2) is 47.6 Å². The van der Waals surface area contributed by atoms with Gasteiger partial charge in [-0.05, 0) is 35.7 Å². The molecule has 6 nitrogen and oxygen atoms in total. The quantitative estimate of drug-likeness (QED) is 0.616. The van der Waals surface area contributed by atoms with E-state index < -0.39 is 0 Å². The summed E-state index contributed by atoms with van der Waals surface area (Å²) in [5.74, 6) is 2.00. The summed E-state index contributed by atoms with van der Waals surface area (Å²) in [6.45, 7) is 5.29. The lowest BCUT2D eigenvalue weighted by Crippen LogP contribution is -2.33. The maximum atomic E-state index is 12.6. The van der Waals surface area contributed by atoms with Crippen LogP contribution in [0.5, 0.6) is 11.5 Å². The molecule has 146 valence electrons. The lowest BCUT2D eigenvalue weighted by molar-refractivity contribution is -0.119. The van der Waals surface area contributed by atoms with Gasteiger partial charge in [0.25, 0.3) is 0 Å². The molecule has 0 fully saturated rings. The van der Waals surface area contributed by atoms with E-state index in [9.17, 15) is 4.79 Å². The SMILES string of the molecule is CC(C)[C@@H](NC(=O)CSc1nc2ccccc2[nH]1)c1ccc2c(c1)OCCO2. The molecule has 1 atom stereocenters. The zero-order valence-corrected chi connectivity index (χ0v) is 16.7. The Kier molecular flexibility index (Phi) is 5.43. The number of fused-ring (bicyclic) bond motifs is 2. The third kappa shape index (κ3) is 4.09. The van der Waals surface area contributed by atoms with Crippen molar-refractivity contribution in [2.75, 3.05) is 19.0 Å². The number of aromatic nitrogens is 2. The summed E-state index contributed by atoms with van der Waals surface area (Å²) >= 11 is 1.40. The minimum atomic E-state index is -0.0976. The average Bonchev–Trinajstić information content (AvgIpc) is 3.13. The first-order valence-electron chi connectivity index (χ1n) is 9.36. The predicted molar refractivity (Wildman–Crippen MR) is 110 cm³/mol. The van der Waals surface area contributed by atoms with Gasteiger partial charge in [0.05, 0.1) is 22.8 Å². The normalized spacial score (nSPS) is 14.2. The van der Waals surface area contributed by atoms with E-state index in [4.69, 9.17) is 9.47 Å². The highest BCUT2D eigenvalue weighted by Crippen LogP contribution is 2.34. The minimum Gasteiger partial charge on any atom is -0.486 e. The number of para-hydroxylation sites is 2. The van der Waals surface area contributed by atoms with Crippen LogP contribution in [0.25, 0.3) is 11.0 Å². The summed E-state index contributed by atoms with van der Waals surface area (Å²) in [6.07, 6.45) is 0. The molecule has 7 heteroatoms. The zero-order valence-electron chi connectivity index (χ0n) is 15.9. The topological polar surface area (TPSA) is 76.2 Å². The summed E-state index contributed by atoms with van der Waals surface area (Å²) in [4.78, 5) is 20.3. The van der Waals surface area contributed by atoms with Gasteiger partial charge in [-0.15, -0.1) is 0 Å². The van der Waals surface area contributed by atoms with Crippen LogP contribution in [0.4, 0.5) is 0 Å². The number of aromatic amines is 1. The van der Waals surface area contributed by atoms with Crippen LogP contribution in [0.3, 0.4) is 0 Å². The summed E-state index contributed by atoms with van der Waals surface area (Å²) in [5.41, 5.74) is 2.89. The number of carbonyl (C=O) groups excluding carboxylic acids is 1. The van der Waals surface area contributed by atoms with Crippen LogP contribution in [0.2, 0.25) is 0 Å². The number of carbonyl (C=O) groups is 1. The van der Waals surface area contributed by atoms with Crippen LogP contribution in [-0.4, -0.2) is 34.8 Å². The molecule has 0 radical (unpaired) electrons. The van der Waals surface area contributed by atoms with E-state index in [1.807, 2.05) is 42.5 Å². The Morgan fingerprint density at radius 2 is 1.96 bits per heavy atom. The highest BCUT2D eigenvalue weighted by atomic mass is 32.2. The maximum Gasteiger partial charge on any atom is 0.230 e. The smallest absolute Gasteiger partial charge is 0.230 e. The Hall–Kier alpha value is -2.67. The number of benzene rings is 2. The fraction of sp³-hybridized carbons (Fsp3) is 0.333. The van der Waals surface area contributed by atoms with Crippen molar-refractivity contribution in [3.8, 4) is 11.5 Å². The van der Waals surface area contributed by atoms with Gasteiger partial charge >= 0.3 is 0 Å². The molecule has 3 aromatic rings. The first-order chi connectivity index (χ1) is 13.6. The molecule has 1 aromatic heterocycles. The Balaban J connectivity index is 1.42. The van der Waals surface area contributed by atoms with Crippen molar-refractivity contribution in [3.63, 3.8) is 0 Å². The Bertz CT molecular complexity index is 953. The third-order valence-corrected chi connectivity index (χ3v) is 5.49. The van der Waals surface area contributed by atoms with Gasteiger partial charge in [0, 0.05) is 0 Å². The van der Waals surface area contributed by atoms with Gasteiger partial charge in [-0.25, -0.2) is 4.98 Å². The lowest BCUT2D eigenvalue weighted by atomic mass is 9.95. The fourth-order valence-electron chi connectivity index (χ4n) is 3.24. The second-order valence-electron chi connectivity index (χ2n) is 7.04. The number of ether oxygens (including phenoxy) is 2. The van der Waals surface area contributed by atoms with Crippen molar-refractivity contribution < 1.29 is 14.3 Å². The number of hydrogen-bond donors (Lipinski definition) is 2. The van der Waals surface area contributed by atoms with Crippen LogP contribution in [-0.2, 0) is 4.79 Å². The van der Waals surface area contributed by atoms with E-state index in [-0.39, 0.29) is 17.9 Å². The molecular weight excluding hydrogens is 374 g/mol. The molecule has 1 aliphatic rings. The predicted octanol–water partition coefficient (Wildman–Crippen LogP) is 3.94. The monoisotopic (exact) mass is 397 g/mol. The molecule has 0 bridgehead atoms. The molecule has 2 heterocycles. The van der Waals surface area contributed by atoms with Crippen molar-refractivity contribution in [1.29, 1.82) is 0 Å². The number of hydrogen-bond acceptors (Lipinski definition) is 5. The standard InChI is InChI=1S/C21H23N3O3S/c1-13(2)20(14-7-8-17-18(11-14)27-10-9-26-17)24-19(25)12-28-21-22-15-5-3-4-6-16(15)23-21/h3-8,11,13,20H,9-10,12H2,1-2H3,(H,22,23)(H,24,25)/t20-/m1/s1. The lowest BCUT2D eigenvalue weighted by Gasteiger charge is -2.25. The van der Waals surface area contributed by atoms with Crippen molar-refractivity contribution in [2.24, 2.45) is 5.92 Å².